The van der Waals surface area contributed by atoms with E-state index in [0.29, 0.717) is 5.56 Å². The number of hydrogen-bond donors (Lipinski definition) is 0. The van der Waals surface area contributed by atoms with Crippen LogP contribution in [0.4, 0.5) is 4.39 Å². The first-order valence-electron chi connectivity index (χ1n) is 5.63. The molecule has 0 fully saturated rings. The number of nitriles is 1. The molecule has 102 valence electrons. The van der Waals surface area contributed by atoms with E-state index in [4.69, 9.17) is 14.4 Å². The Labute approximate surface area is 114 Å². The third-order valence-electron chi connectivity index (χ3n) is 2.57. The van der Waals surface area contributed by atoms with Gasteiger partial charge in [-0.05, 0) is 18.2 Å². The average molecular weight is 275 g/mol. The van der Waals surface area contributed by atoms with Crippen molar-refractivity contribution in [3.8, 4) is 11.8 Å². The van der Waals surface area contributed by atoms with Crippen LogP contribution < -0.4 is 4.74 Å². The Morgan fingerprint density at radius 1 is 1.45 bits per heavy atom. The van der Waals surface area contributed by atoms with E-state index < -0.39 is 11.8 Å². The smallest absolute Gasteiger partial charge is 0.374 e. The third kappa shape index (κ3) is 2.78. The molecule has 0 bridgehead atoms. The van der Waals surface area contributed by atoms with E-state index >= 15 is 0 Å². The second-order valence-corrected chi connectivity index (χ2v) is 3.81. The maximum atomic E-state index is 13.4. The maximum Gasteiger partial charge on any atom is 0.374 e. The quantitative estimate of drug-likeness (QED) is 0.802. The van der Waals surface area contributed by atoms with Crippen LogP contribution in [-0.4, -0.2) is 13.1 Å². The van der Waals surface area contributed by atoms with Crippen molar-refractivity contribution < 1.29 is 23.1 Å². The summed E-state index contributed by atoms with van der Waals surface area (Å²) in [5, 5.41) is 8.62. The van der Waals surface area contributed by atoms with Crippen molar-refractivity contribution >= 4 is 5.97 Å². The molecule has 0 aliphatic heterocycles. The lowest BCUT2D eigenvalue weighted by Crippen LogP contribution is -2.05. The predicted octanol–water partition coefficient (Wildman–Crippen LogP) is 2.66. The van der Waals surface area contributed by atoms with Crippen molar-refractivity contribution in [1.29, 1.82) is 5.26 Å². The summed E-state index contributed by atoms with van der Waals surface area (Å²) in [6.45, 7) is 0.0201. The van der Waals surface area contributed by atoms with Crippen LogP contribution in [0.1, 0.15) is 21.7 Å². The number of carbonyl (C=O) groups is 1. The van der Waals surface area contributed by atoms with Gasteiger partial charge in [-0.1, -0.05) is 0 Å². The topological polar surface area (TPSA) is 72.5 Å². The molecule has 1 aromatic heterocycles. The molecule has 0 spiro atoms. The zero-order valence-corrected chi connectivity index (χ0v) is 10.6. The van der Waals surface area contributed by atoms with Crippen molar-refractivity contribution in [2.24, 2.45) is 0 Å². The summed E-state index contributed by atoms with van der Waals surface area (Å²) in [5.74, 6) is -0.981. The second kappa shape index (κ2) is 5.89. The lowest BCUT2D eigenvalue weighted by atomic mass is 10.2. The molecule has 2 aromatic rings. The SMILES string of the molecule is COC(=O)c1occc1COc1ccc(C#N)c(F)c1. The zero-order valence-electron chi connectivity index (χ0n) is 10.6. The van der Waals surface area contributed by atoms with Gasteiger partial charge in [0.1, 0.15) is 24.2 Å². The molecule has 0 amide bonds. The number of benzene rings is 1. The molecule has 2 rings (SSSR count). The van der Waals surface area contributed by atoms with E-state index in [0.717, 1.165) is 6.07 Å². The van der Waals surface area contributed by atoms with Crippen molar-refractivity contribution in [3.63, 3.8) is 0 Å². The highest BCUT2D eigenvalue weighted by Gasteiger charge is 2.16. The molecule has 0 saturated carbocycles. The lowest BCUT2D eigenvalue weighted by Gasteiger charge is -2.06. The highest BCUT2D eigenvalue weighted by atomic mass is 19.1. The molecular formula is C14H10FNO4. The van der Waals surface area contributed by atoms with E-state index in [9.17, 15) is 9.18 Å². The van der Waals surface area contributed by atoms with Crippen LogP contribution in [0.15, 0.2) is 34.9 Å². The van der Waals surface area contributed by atoms with Gasteiger partial charge in [0.2, 0.25) is 5.76 Å². The van der Waals surface area contributed by atoms with Crippen LogP contribution in [0, 0.1) is 17.1 Å². The molecule has 20 heavy (non-hydrogen) atoms. The third-order valence-corrected chi connectivity index (χ3v) is 2.57. The molecule has 0 aliphatic carbocycles. The Kier molecular flexibility index (Phi) is 4.01. The normalized spacial score (nSPS) is 9.85. The van der Waals surface area contributed by atoms with Gasteiger partial charge in [-0.2, -0.15) is 5.26 Å². The highest BCUT2D eigenvalue weighted by molar-refractivity contribution is 5.87. The van der Waals surface area contributed by atoms with Crippen molar-refractivity contribution in [2.45, 2.75) is 6.61 Å². The standard InChI is InChI=1S/C14H10FNO4/c1-18-14(17)13-10(4-5-19-13)8-20-11-3-2-9(7-16)12(15)6-11/h2-6H,8H2,1H3. The minimum Gasteiger partial charge on any atom is -0.489 e. The summed E-state index contributed by atoms with van der Waals surface area (Å²) in [6, 6.07) is 7.18. The minimum absolute atomic E-state index is 0.0201. The molecule has 0 atom stereocenters. The fourth-order valence-corrected chi connectivity index (χ4v) is 1.56. The molecule has 6 heteroatoms. The number of esters is 1. The van der Waals surface area contributed by atoms with Gasteiger partial charge in [-0.3, -0.25) is 0 Å². The van der Waals surface area contributed by atoms with Gasteiger partial charge in [0, 0.05) is 11.6 Å². The van der Waals surface area contributed by atoms with Crippen LogP contribution in [0.5, 0.6) is 5.75 Å². The van der Waals surface area contributed by atoms with E-state index in [1.54, 1.807) is 12.1 Å². The highest BCUT2D eigenvalue weighted by Crippen LogP contribution is 2.19. The van der Waals surface area contributed by atoms with Gasteiger partial charge >= 0.3 is 5.97 Å². The molecule has 0 N–H and O–H groups in total. The number of hydrogen-bond acceptors (Lipinski definition) is 5. The van der Waals surface area contributed by atoms with Crippen molar-refractivity contribution in [1.82, 2.24) is 0 Å². The van der Waals surface area contributed by atoms with Crippen molar-refractivity contribution in [3.05, 3.63) is 53.2 Å². The summed E-state index contributed by atoms with van der Waals surface area (Å²) >= 11 is 0. The van der Waals surface area contributed by atoms with Gasteiger partial charge in [0.25, 0.3) is 0 Å². The summed E-state index contributed by atoms with van der Waals surface area (Å²) < 4.78 is 28.3. The molecule has 1 aromatic carbocycles. The molecule has 1 heterocycles. The predicted molar refractivity (Wildman–Crippen MR) is 65.5 cm³/mol. The molecule has 5 nitrogen and oxygen atoms in total. The molecule has 0 unspecified atom stereocenters. The first-order chi connectivity index (χ1) is 9.65. The van der Waals surface area contributed by atoms with Crippen molar-refractivity contribution in [2.75, 3.05) is 7.11 Å². The molecular weight excluding hydrogens is 265 g/mol. The van der Waals surface area contributed by atoms with Gasteiger partial charge < -0.3 is 13.9 Å². The summed E-state index contributed by atoms with van der Waals surface area (Å²) in [7, 11) is 1.24. The number of nitrogens with zero attached hydrogens (tertiary/aromatic N) is 1. The second-order valence-electron chi connectivity index (χ2n) is 3.81. The number of ether oxygens (including phenoxy) is 2. The molecule has 0 saturated heterocycles. The lowest BCUT2D eigenvalue weighted by molar-refractivity contribution is 0.0561. The first-order valence-corrected chi connectivity index (χ1v) is 5.63. The van der Waals surface area contributed by atoms with Crippen LogP contribution in [0.2, 0.25) is 0 Å². The Morgan fingerprint density at radius 2 is 2.25 bits per heavy atom. The molecule has 0 aliphatic rings. The first kappa shape index (κ1) is 13.6. The fraction of sp³-hybridized carbons (Fsp3) is 0.143. The summed E-state index contributed by atoms with van der Waals surface area (Å²) in [4.78, 5) is 11.4. The Hall–Kier alpha value is -2.81. The largest absolute Gasteiger partial charge is 0.489 e. The van der Waals surface area contributed by atoms with Gasteiger partial charge in [-0.15, -0.1) is 0 Å². The Balaban J connectivity index is 2.10. The Bertz CT molecular complexity index is 672. The average Bonchev–Trinajstić information content (AvgIpc) is 2.93. The molecule has 0 radical (unpaired) electrons. The number of halogens is 1. The van der Waals surface area contributed by atoms with Crippen LogP contribution >= 0.6 is 0 Å². The summed E-state index contributed by atoms with van der Waals surface area (Å²) in [5.41, 5.74) is 0.428. The van der Waals surface area contributed by atoms with Crippen LogP contribution in [0.3, 0.4) is 0 Å². The fourth-order valence-electron chi connectivity index (χ4n) is 1.56. The zero-order chi connectivity index (χ0) is 14.5. The summed E-state index contributed by atoms with van der Waals surface area (Å²) in [6.07, 6.45) is 1.34. The number of carbonyl (C=O) groups excluding carboxylic acids is 1. The monoisotopic (exact) mass is 275 g/mol. The number of furan rings is 1. The minimum atomic E-state index is -0.662. The van der Waals surface area contributed by atoms with Gasteiger partial charge in [0.15, 0.2) is 0 Å². The van der Waals surface area contributed by atoms with Gasteiger partial charge in [0.05, 0.1) is 18.9 Å². The van der Waals surface area contributed by atoms with E-state index in [1.165, 1.54) is 25.5 Å². The van der Waals surface area contributed by atoms with E-state index in [1.807, 2.05) is 0 Å². The van der Waals surface area contributed by atoms with Gasteiger partial charge in [-0.25, -0.2) is 9.18 Å². The van der Waals surface area contributed by atoms with E-state index in [-0.39, 0.29) is 23.7 Å². The van der Waals surface area contributed by atoms with Crippen LogP contribution in [0.25, 0.3) is 0 Å². The Morgan fingerprint density at radius 3 is 2.90 bits per heavy atom. The van der Waals surface area contributed by atoms with E-state index in [2.05, 4.69) is 4.74 Å². The number of methoxy groups -OCH3 is 1. The number of rotatable bonds is 4. The van der Waals surface area contributed by atoms with Crippen LogP contribution in [-0.2, 0) is 11.3 Å². The maximum absolute atomic E-state index is 13.4.